The summed E-state index contributed by atoms with van der Waals surface area (Å²) < 4.78 is 5.42. The largest absolute Gasteiger partial charge is 0.394 e. The average molecular weight is 267 g/mol. The van der Waals surface area contributed by atoms with Gasteiger partial charge in [0.25, 0.3) is 5.56 Å². The fraction of sp³-hybridized carbons (Fsp3) is 0.545. The monoisotopic (exact) mass is 267 g/mol. The second-order valence-electron chi connectivity index (χ2n) is 4.57. The molecule has 3 rings (SSSR count). The molecular formula is C11H13N3O5. The number of aromatic amines is 1. The van der Waals surface area contributed by atoms with Crippen molar-refractivity contribution < 1.29 is 20.1 Å². The van der Waals surface area contributed by atoms with E-state index in [1.165, 1.54) is 12.5 Å². The fourth-order valence-corrected chi connectivity index (χ4v) is 2.47. The zero-order chi connectivity index (χ0) is 13.6. The second-order valence-corrected chi connectivity index (χ2v) is 4.57. The molecule has 0 amide bonds. The van der Waals surface area contributed by atoms with Crippen LogP contribution in [0, 0.1) is 0 Å². The van der Waals surface area contributed by atoms with E-state index >= 15 is 0 Å². The maximum Gasteiger partial charge on any atom is 0.276 e. The van der Waals surface area contributed by atoms with E-state index in [-0.39, 0.29) is 11.2 Å². The van der Waals surface area contributed by atoms with E-state index in [4.69, 9.17) is 9.84 Å². The van der Waals surface area contributed by atoms with E-state index < -0.39 is 36.9 Å². The Balaban J connectivity index is 1.93. The minimum atomic E-state index is -1.17. The van der Waals surface area contributed by atoms with Crippen LogP contribution in [-0.4, -0.2) is 62.5 Å². The molecule has 19 heavy (non-hydrogen) atoms. The summed E-state index contributed by atoms with van der Waals surface area (Å²) in [5.74, 6) is -0.515. The summed E-state index contributed by atoms with van der Waals surface area (Å²) in [6.07, 6.45) is -1.25. The Labute approximate surface area is 107 Å². The van der Waals surface area contributed by atoms with Crippen LogP contribution in [0.15, 0.2) is 16.1 Å². The third-order valence-electron chi connectivity index (χ3n) is 3.47. The van der Waals surface area contributed by atoms with Gasteiger partial charge in [-0.1, -0.05) is 0 Å². The predicted molar refractivity (Wildman–Crippen MR) is 63.5 cm³/mol. The molecule has 2 aliphatic heterocycles. The summed E-state index contributed by atoms with van der Waals surface area (Å²) >= 11 is 0. The molecule has 0 saturated carbocycles. The van der Waals surface area contributed by atoms with Gasteiger partial charge >= 0.3 is 0 Å². The van der Waals surface area contributed by atoms with Crippen molar-refractivity contribution in [1.29, 1.82) is 0 Å². The van der Waals surface area contributed by atoms with Crippen LogP contribution in [0.4, 0.5) is 5.69 Å². The summed E-state index contributed by atoms with van der Waals surface area (Å²) in [5.41, 5.74) is 0.222. The zero-order valence-electron chi connectivity index (χ0n) is 9.80. The molecule has 1 saturated heterocycles. The molecule has 8 heteroatoms. The Kier molecular flexibility index (Phi) is 2.94. The molecule has 5 atom stereocenters. The maximum atomic E-state index is 11.5. The number of hydrogen-bond acceptors (Lipinski definition) is 7. The summed E-state index contributed by atoms with van der Waals surface area (Å²) in [6.45, 7) is -0.395. The first-order chi connectivity index (χ1) is 9.13. The van der Waals surface area contributed by atoms with Crippen molar-refractivity contribution in [2.45, 2.75) is 30.3 Å². The van der Waals surface area contributed by atoms with E-state index in [1.54, 1.807) is 0 Å². The third kappa shape index (κ3) is 1.80. The van der Waals surface area contributed by atoms with E-state index in [0.717, 1.165) is 0 Å². The van der Waals surface area contributed by atoms with E-state index in [9.17, 15) is 15.0 Å². The maximum absolute atomic E-state index is 11.5. The molecular weight excluding hydrogens is 254 g/mol. The number of aliphatic imine (C=N–C) groups is 1. The van der Waals surface area contributed by atoms with Gasteiger partial charge in [0, 0.05) is 6.21 Å². The van der Waals surface area contributed by atoms with Crippen molar-refractivity contribution in [2.75, 3.05) is 6.61 Å². The standard InChI is InChI=1S/C11H13N3O5/c15-2-5-8(16)9(17)10(19-5)4-1-12-7-6(4)13-3-14-11(7)18/h1,3-5,8-10,15-17H,2H2,(H,13,14,18)/t4?,5-,8-,9-,10+/m1/s1. The highest BCUT2D eigenvalue weighted by atomic mass is 16.6. The van der Waals surface area contributed by atoms with Crippen molar-refractivity contribution in [3.63, 3.8) is 0 Å². The lowest BCUT2D eigenvalue weighted by Gasteiger charge is -2.19. The van der Waals surface area contributed by atoms with E-state index in [1.807, 2.05) is 0 Å². The molecule has 1 aromatic rings. The van der Waals surface area contributed by atoms with Gasteiger partial charge in [-0.15, -0.1) is 0 Å². The Morgan fingerprint density at radius 3 is 2.84 bits per heavy atom. The van der Waals surface area contributed by atoms with Gasteiger partial charge in [-0.3, -0.25) is 9.79 Å². The van der Waals surface area contributed by atoms with Crippen LogP contribution < -0.4 is 5.56 Å². The molecule has 1 unspecified atom stereocenters. The number of aliphatic hydroxyl groups is 3. The highest BCUT2D eigenvalue weighted by Crippen LogP contribution is 2.36. The first-order valence-electron chi connectivity index (χ1n) is 5.87. The van der Waals surface area contributed by atoms with E-state index in [2.05, 4.69) is 15.0 Å². The Morgan fingerprint density at radius 2 is 2.16 bits per heavy atom. The predicted octanol–water partition coefficient (Wildman–Crippen LogP) is -1.95. The van der Waals surface area contributed by atoms with Crippen LogP contribution in [0.2, 0.25) is 0 Å². The molecule has 3 heterocycles. The number of H-pyrrole nitrogens is 1. The number of aliphatic hydroxyl groups excluding tert-OH is 3. The summed E-state index contributed by atoms with van der Waals surface area (Å²) in [7, 11) is 0. The topological polar surface area (TPSA) is 128 Å². The van der Waals surface area contributed by atoms with Crippen molar-refractivity contribution in [3.05, 3.63) is 22.4 Å². The molecule has 2 aliphatic rings. The van der Waals surface area contributed by atoms with Gasteiger partial charge in [0.1, 0.15) is 30.1 Å². The zero-order valence-corrected chi connectivity index (χ0v) is 9.80. The Hall–Kier alpha value is -1.61. The normalized spacial score (nSPS) is 36.7. The van der Waals surface area contributed by atoms with Crippen LogP contribution in [0.3, 0.4) is 0 Å². The minimum Gasteiger partial charge on any atom is -0.394 e. The van der Waals surface area contributed by atoms with Crippen LogP contribution >= 0.6 is 0 Å². The van der Waals surface area contributed by atoms with Gasteiger partial charge in [-0.05, 0) is 0 Å². The third-order valence-corrected chi connectivity index (χ3v) is 3.47. The van der Waals surface area contributed by atoms with Gasteiger partial charge < -0.3 is 25.0 Å². The van der Waals surface area contributed by atoms with Crippen molar-refractivity contribution in [2.24, 2.45) is 4.99 Å². The number of rotatable bonds is 2. The summed E-state index contributed by atoms with van der Waals surface area (Å²) in [6, 6.07) is 0. The highest BCUT2D eigenvalue weighted by molar-refractivity contribution is 5.79. The second kappa shape index (κ2) is 4.49. The quantitative estimate of drug-likeness (QED) is 0.493. The molecule has 0 bridgehead atoms. The molecule has 0 aliphatic carbocycles. The first kappa shape index (κ1) is 12.4. The molecule has 1 aromatic heterocycles. The number of hydrogen-bond donors (Lipinski definition) is 4. The average Bonchev–Trinajstić information content (AvgIpc) is 2.94. The van der Waals surface area contributed by atoms with Crippen molar-refractivity contribution in [1.82, 2.24) is 9.97 Å². The number of fused-ring (bicyclic) bond motifs is 1. The van der Waals surface area contributed by atoms with Gasteiger partial charge in [0.15, 0.2) is 0 Å². The number of nitrogens with one attached hydrogen (secondary N) is 1. The molecule has 1 fully saturated rings. The van der Waals surface area contributed by atoms with Crippen molar-refractivity contribution >= 4 is 11.9 Å². The van der Waals surface area contributed by atoms with Crippen LogP contribution in [0.5, 0.6) is 0 Å². The molecule has 0 radical (unpaired) electrons. The number of ether oxygens (including phenoxy) is 1. The molecule has 4 N–H and O–H groups in total. The Bertz CT molecular complexity index is 572. The minimum absolute atomic E-state index is 0.185. The van der Waals surface area contributed by atoms with Gasteiger partial charge in [0.2, 0.25) is 0 Å². The summed E-state index contributed by atoms with van der Waals surface area (Å²) in [5, 5.41) is 28.7. The first-order valence-corrected chi connectivity index (χ1v) is 5.87. The Morgan fingerprint density at radius 1 is 1.37 bits per heavy atom. The number of nitrogens with zero attached hydrogens (tertiary/aromatic N) is 2. The van der Waals surface area contributed by atoms with Crippen molar-refractivity contribution in [3.8, 4) is 0 Å². The van der Waals surface area contributed by atoms with Gasteiger partial charge in [0.05, 0.1) is 24.5 Å². The molecule has 8 nitrogen and oxygen atoms in total. The van der Waals surface area contributed by atoms with Gasteiger partial charge in [-0.2, -0.15) is 0 Å². The fourth-order valence-electron chi connectivity index (χ4n) is 2.47. The van der Waals surface area contributed by atoms with E-state index in [0.29, 0.717) is 5.69 Å². The lowest BCUT2D eigenvalue weighted by molar-refractivity contribution is -0.0237. The highest BCUT2D eigenvalue weighted by Gasteiger charge is 2.47. The molecule has 0 spiro atoms. The number of aromatic nitrogens is 2. The van der Waals surface area contributed by atoms with Crippen LogP contribution in [0.25, 0.3) is 0 Å². The van der Waals surface area contributed by atoms with Crippen LogP contribution in [0.1, 0.15) is 11.6 Å². The molecule has 102 valence electrons. The lowest BCUT2D eigenvalue weighted by atomic mass is 9.95. The summed E-state index contributed by atoms with van der Waals surface area (Å²) in [4.78, 5) is 22.0. The SMILES string of the molecule is O=c1[nH]cnc2c1N=CC2[C@@H]1O[C@H](CO)[C@@H](O)[C@H]1O. The lowest BCUT2D eigenvalue weighted by Crippen LogP contribution is -2.36. The molecule has 0 aromatic carbocycles. The van der Waals surface area contributed by atoms with Gasteiger partial charge in [-0.25, -0.2) is 4.98 Å². The smallest absolute Gasteiger partial charge is 0.276 e. The van der Waals surface area contributed by atoms with Crippen LogP contribution in [-0.2, 0) is 4.74 Å².